The molecule has 0 unspecified atom stereocenters. The standard InChI is InChI=1S/C12H17NO2S/c13-9-8-10-4-1-2-7-12(10)16(14,15)11-5-3-6-11/h1-2,4,7,11H,3,5-6,8-9,13H2. The molecule has 0 atom stereocenters. The average Bonchev–Trinajstić information content (AvgIpc) is 2.15. The summed E-state index contributed by atoms with van der Waals surface area (Å²) in [6.45, 7) is 0.483. The van der Waals surface area contributed by atoms with Crippen molar-refractivity contribution in [2.75, 3.05) is 6.54 Å². The van der Waals surface area contributed by atoms with Gasteiger partial charge < -0.3 is 5.73 Å². The topological polar surface area (TPSA) is 60.2 Å². The van der Waals surface area contributed by atoms with Crippen LogP contribution < -0.4 is 5.73 Å². The Balaban J connectivity index is 2.38. The van der Waals surface area contributed by atoms with Crippen molar-refractivity contribution in [3.8, 4) is 0 Å². The van der Waals surface area contributed by atoms with Crippen LogP contribution in [0.4, 0.5) is 0 Å². The summed E-state index contributed by atoms with van der Waals surface area (Å²) < 4.78 is 24.5. The summed E-state index contributed by atoms with van der Waals surface area (Å²) in [7, 11) is -3.11. The molecule has 0 radical (unpaired) electrons. The second kappa shape index (κ2) is 4.55. The highest BCUT2D eigenvalue weighted by molar-refractivity contribution is 7.92. The van der Waals surface area contributed by atoms with Crippen LogP contribution in [-0.2, 0) is 16.3 Å². The molecular formula is C12H17NO2S. The van der Waals surface area contributed by atoms with E-state index in [1.807, 2.05) is 12.1 Å². The molecular weight excluding hydrogens is 222 g/mol. The normalized spacial score (nSPS) is 17.1. The van der Waals surface area contributed by atoms with Crippen LogP contribution in [0.2, 0.25) is 0 Å². The Morgan fingerprint density at radius 1 is 1.25 bits per heavy atom. The van der Waals surface area contributed by atoms with Crippen LogP contribution in [0, 0.1) is 0 Å². The molecule has 88 valence electrons. The van der Waals surface area contributed by atoms with Crippen molar-refractivity contribution in [2.24, 2.45) is 5.73 Å². The monoisotopic (exact) mass is 239 g/mol. The number of benzene rings is 1. The van der Waals surface area contributed by atoms with Crippen LogP contribution >= 0.6 is 0 Å². The summed E-state index contributed by atoms with van der Waals surface area (Å²) >= 11 is 0. The van der Waals surface area contributed by atoms with Crippen LogP contribution in [0.1, 0.15) is 24.8 Å². The molecule has 0 aromatic heterocycles. The molecule has 0 bridgehead atoms. The molecule has 16 heavy (non-hydrogen) atoms. The van der Waals surface area contributed by atoms with E-state index in [4.69, 9.17) is 5.73 Å². The summed E-state index contributed by atoms with van der Waals surface area (Å²) in [5.41, 5.74) is 6.36. The second-order valence-electron chi connectivity index (χ2n) is 4.24. The van der Waals surface area contributed by atoms with Gasteiger partial charge in [-0.1, -0.05) is 24.6 Å². The predicted octanol–water partition coefficient (Wildman–Crippen LogP) is 1.51. The number of sulfone groups is 1. The third-order valence-corrected chi connectivity index (χ3v) is 5.54. The molecule has 0 spiro atoms. The molecule has 1 aliphatic carbocycles. The van der Waals surface area contributed by atoms with E-state index in [1.54, 1.807) is 12.1 Å². The Kier molecular flexibility index (Phi) is 3.30. The van der Waals surface area contributed by atoms with Gasteiger partial charge in [0.2, 0.25) is 0 Å². The van der Waals surface area contributed by atoms with Gasteiger partial charge in [-0.15, -0.1) is 0 Å². The quantitative estimate of drug-likeness (QED) is 0.866. The van der Waals surface area contributed by atoms with Gasteiger partial charge in [0.1, 0.15) is 0 Å². The molecule has 2 rings (SSSR count). The van der Waals surface area contributed by atoms with E-state index in [-0.39, 0.29) is 5.25 Å². The van der Waals surface area contributed by atoms with Gasteiger partial charge in [-0.05, 0) is 37.4 Å². The molecule has 4 heteroatoms. The average molecular weight is 239 g/mol. The molecule has 1 saturated carbocycles. The van der Waals surface area contributed by atoms with Gasteiger partial charge in [-0.3, -0.25) is 0 Å². The van der Waals surface area contributed by atoms with E-state index in [0.29, 0.717) is 17.9 Å². The van der Waals surface area contributed by atoms with Gasteiger partial charge in [0.25, 0.3) is 0 Å². The summed E-state index contributed by atoms with van der Waals surface area (Å²) in [5, 5.41) is -0.161. The SMILES string of the molecule is NCCc1ccccc1S(=O)(=O)C1CCC1. The highest BCUT2D eigenvalue weighted by Gasteiger charge is 2.33. The summed E-state index contributed by atoms with van der Waals surface area (Å²) in [6, 6.07) is 7.22. The second-order valence-corrected chi connectivity index (χ2v) is 6.44. The molecule has 0 aliphatic heterocycles. The van der Waals surface area contributed by atoms with Crippen LogP contribution in [0.15, 0.2) is 29.2 Å². The van der Waals surface area contributed by atoms with Crippen molar-refractivity contribution in [3.05, 3.63) is 29.8 Å². The van der Waals surface area contributed by atoms with Crippen LogP contribution in [0.3, 0.4) is 0 Å². The fourth-order valence-electron chi connectivity index (χ4n) is 2.00. The fraction of sp³-hybridized carbons (Fsp3) is 0.500. The van der Waals surface area contributed by atoms with E-state index in [9.17, 15) is 8.42 Å². The lowest BCUT2D eigenvalue weighted by molar-refractivity contribution is 0.476. The van der Waals surface area contributed by atoms with Crippen molar-refractivity contribution in [3.63, 3.8) is 0 Å². The number of hydrogen-bond acceptors (Lipinski definition) is 3. The maximum absolute atomic E-state index is 12.3. The van der Waals surface area contributed by atoms with E-state index in [1.165, 1.54) is 0 Å². The zero-order chi connectivity index (χ0) is 11.6. The third-order valence-electron chi connectivity index (χ3n) is 3.18. The molecule has 0 heterocycles. The molecule has 1 aromatic rings. The van der Waals surface area contributed by atoms with Crippen molar-refractivity contribution in [1.82, 2.24) is 0 Å². The molecule has 0 amide bonds. The van der Waals surface area contributed by atoms with Gasteiger partial charge in [0, 0.05) is 0 Å². The van der Waals surface area contributed by atoms with Crippen LogP contribution in [-0.4, -0.2) is 20.2 Å². The Hall–Kier alpha value is -0.870. The van der Waals surface area contributed by atoms with Crippen LogP contribution in [0.5, 0.6) is 0 Å². The van der Waals surface area contributed by atoms with Gasteiger partial charge in [-0.2, -0.15) is 0 Å². The largest absolute Gasteiger partial charge is 0.330 e. The van der Waals surface area contributed by atoms with E-state index in [0.717, 1.165) is 24.8 Å². The molecule has 3 nitrogen and oxygen atoms in total. The maximum Gasteiger partial charge on any atom is 0.181 e. The van der Waals surface area contributed by atoms with Crippen LogP contribution in [0.25, 0.3) is 0 Å². The molecule has 0 saturated heterocycles. The summed E-state index contributed by atoms with van der Waals surface area (Å²) in [5.74, 6) is 0. The Morgan fingerprint density at radius 2 is 1.94 bits per heavy atom. The third kappa shape index (κ3) is 1.99. The lowest BCUT2D eigenvalue weighted by Gasteiger charge is -2.26. The first kappa shape index (κ1) is 11.6. The number of rotatable bonds is 4. The minimum absolute atomic E-state index is 0.161. The molecule has 1 fully saturated rings. The van der Waals surface area contributed by atoms with Crippen molar-refractivity contribution >= 4 is 9.84 Å². The lowest BCUT2D eigenvalue weighted by Crippen LogP contribution is -2.29. The number of hydrogen-bond donors (Lipinski definition) is 1. The minimum Gasteiger partial charge on any atom is -0.330 e. The van der Waals surface area contributed by atoms with E-state index >= 15 is 0 Å². The zero-order valence-corrected chi connectivity index (χ0v) is 10.0. The van der Waals surface area contributed by atoms with E-state index < -0.39 is 9.84 Å². The van der Waals surface area contributed by atoms with Crippen molar-refractivity contribution in [1.29, 1.82) is 0 Å². The highest BCUT2D eigenvalue weighted by atomic mass is 32.2. The Bertz CT molecular complexity index is 464. The molecule has 2 N–H and O–H groups in total. The van der Waals surface area contributed by atoms with E-state index in [2.05, 4.69) is 0 Å². The Labute approximate surface area is 96.6 Å². The zero-order valence-electron chi connectivity index (χ0n) is 9.22. The van der Waals surface area contributed by atoms with Gasteiger partial charge in [-0.25, -0.2) is 8.42 Å². The van der Waals surface area contributed by atoms with Gasteiger partial charge in [0.15, 0.2) is 9.84 Å². The fourth-order valence-corrected chi connectivity index (χ4v) is 4.12. The lowest BCUT2D eigenvalue weighted by atomic mass is 10.00. The Morgan fingerprint density at radius 3 is 2.50 bits per heavy atom. The first-order chi connectivity index (χ1) is 7.66. The summed E-state index contributed by atoms with van der Waals surface area (Å²) in [6.07, 6.45) is 3.27. The number of nitrogens with two attached hydrogens (primary N) is 1. The van der Waals surface area contributed by atoms with Crippen molar-refractivity contribution in [2.45, 2.75) is 35.8 Å². The predicted molar refractivity (Wildman–Crippen MR) is 64.0 cm³/mol. The van der Waals surface area contributed by atoms with Gasteiger partial charge in [0.05, 0.1) is 10.1 Å². The molecule has 1 aromatic carbocycles. The molecule has 1 aliphatic rings. The minimum atomic E-state index is -3.11. The first-order valence-electron chi connectivity index (χ1n) is 5.68. The van der Waals surface area contributed by atoms with Gasteiger partial charge >= 0.3 is 0 Å². The summed E-state index contributed by atoms with van der Waals surface area (Å²) in [4.78, 5) is 0.491. The first-order valence-corrected chi connectivity index (χ1v) is 7.23. The highest BCUT2D eigenvalue weighted by Crippen LogP contribution is 2.32. The van der Waals surface area contributed by atoms with Crippen molar-refractivity contribution < 1.29 is 8.42 Å². The maximum atomic E-state index is 12.3. The smallest absolute Gasteiger partial charge is 0.181 e.